The van der Waals surface area contributed by atoms with Crippen molar-refractivity contribution in [1.82, 2.24) is 5.32 Å². The quantitative estimate of drug-likeness (QED) is 0.588. The highest BCUT2D eigenvalue weighted by atomic mass is 16.5. The van der Waals surface area contributed by atoms with Gasteiger partial charge in [-0.1, -0.05) is 36.8 Å². The molecule has 0 saturated carbocycles. The summed E-state index contributed by atoms with van der Waals surface area (Å²) in [5.41, 5.74) is 3.48. The number of aryl methyl sites for hydroxylation is 3. The first kappa shape index (κ1) is 21.8. The molecule has 28 heavy (non-hydrogen) atoms. The fraction of sp³-hybridized carbons (Fsp3) is 0.458. The average Bonchev–Trinajstić information content (AvgIpc) is 2.65. The lowest BCUT2D eigenvalue weighted by Gasteiger charge is -2.19. The summed E-state index contributed by atoms with van der Waals surface area (Å²) < 4.78 is 11.6. The van der Waals surface area contributed by atoms with Crippen molar-refractivity contribution in [3.05, 3.63) is 59.2 Å². The maximum absolute atomic E-state index is 12.5. The lowest BCUT2D eigenvalue weighted by atomic mass is 10.1. The summed E-state index contributed by atoms with van der Waals surface area (Å²) in [4.78, 5) is 12.5. The van der Waals surface area contributed by atoms with E-state index in [0.717, 1.165) is 29.9 Å². The van der Waals surface area contributed by atoms with Crippen molar-refractivity contribution in [3.63, 3.8) is 0 Å². The second kappa shape index (κ2) is 10.7. The van der Waals surface area contributed by atoms with Crippen LogP contribution < -0.4 is 14.8 Å². The van der Waals surface area contributed by atoms with Crippen LogP contribution in [-0.2, 0) is 11.2 Å². The normalized spacial score (nSPS) is 11.9. The van der Waals surface area contributed by atoms with E-state index in [1.54, 1.807) is 0 Å². The van der Waals surface area contributed by atoms with Gasteiger partial charge in [0.1, 0.15) is 11.5 Å². The Morgan fingerprint density at radius 3 is 2.36 bits per heavy atom. The molecule has 4 nitrogen and oxygen atoms in total. The SMILES string of the molecule is CC[C@@H](Oc1ccc(C)cc1C)C(=O)NCCCc1ccc(OC(C)C)cc1. The molecule has 4 heteroatoms. The first-order valence-electron chi connectivity index (χ1n) is 10.2. The Bertz CT molecular complexity index is 753. The molecule has 2 aromatic rings. The number of hydrogen-bond acceptors (Lipinski definition) is 3. The van der Waals surface area contributed by atoms with Gasteiger partial charge in [-0.3, -0.25) is 4.79 Å². The molecule has 1 amide bonds. The van der Waals surface area contributed by atoms with Crippen molar-refractivity contribution in [2.75, 3.05) is 6.54 Å². The van der Waals surface area contributed by atoms with E-state index in [1.807, 2.05) is 58.9 Å². The van der Waals surface area contributed by atoms with Gasteiger partial charge in [0.15, 0.2) is 6.10 Å². The van der Waals surface area contributed by atoms with Crippen molar-refractivity contribution in [3.8, 4) is 11.5 Å². The van der Waals surface area contributed by atoms with Crippen LogP contribution in [0.4, 0.5) is 0 Å². The molecule has 2 rings (SSSR count). The van der Waals surface area contributed by atoms with E-state index in [2.05, 4.69) is 23.5 Å². The summed E-state index contributed by atoms with van der Waals surface area (Å²) >= 11 is 0. The Kier molecular flexibility index (Phi) is 8.37. The van der Waals surface area contributed by atoms with Crippen LogP contribution in [0.5, 0.6) is 11.5 Å². The number of hydrogen-bond donors (Lipinski definition) is 1. The zero-order valence-electron chi connectivity index (χ0n) is 17.7. The number of ether oxygens (including phenoxy) is 2. The summed E-state index contributed by atoms with van der Waals surface area (Å²) in [6.45, 7) is 10.7. The molecule has 1 N–H and O–H groups in total. The molecule has 0 unspecified atom stereocenters. The summed E-state index contributed by atoms with van der Waals surface area (Å²) in [6, 6.07) is 14.2. The predicted molar refractivity (Wildman–Crippen MR) is 114 cm³/mol. The van der Waals surface area contributed by atoms with Crippen molar-refractivity contribution >= 4 is 5.91 Å². The molecule has 0 fully saturated rings. The van der Waals surface area contributed by atoms with E-state index >= 15 is 0 Å². The molecule has 0 heterocycles. The van der Waals surface area contributed by atoms with E-state index in [-0.39, 0.29) is 12.0 Å². The van der Waals surface area contributed by atoms with Gasteiger partial charge in [0.05, 0.1) is 6.10 Å². The van der Waals surface area contributed by atoms with Crippen LogP contribution in [0.3, 0.4) is 0 Å². The molecule has 2 aromatic carbocycles. The summed E-state index contributed by atoms with van der Waals surface area (Å²) in [5.74, 6) is 1.61. The minimum atomic E-state index is -0.464. The zero-order chi connectivity index (χ0) is 20.5. The lowest BCUT2D eigenvalue weighted by Crippen LogP contribution is -2.38. The Morgan fingerprint density at radius 1 is 1.04 bits per heavy atom. The van der Waals surface area contributed by atoms with Gasteiger partial charge in [-0.05, 0) is 76.3 Å². The lowest BCUT2D eigenvalue weighted by molar-refractivity contribution is -0.128. The topological polar surface area (TPSA) is 47.6 Å². The maximum atomic E-state index is 12.5. The van der Waals surface area contributed by atoms with Crippen LogP contribution in [-0.4, -0.2) is 24.7 Å². The molecule has 0 bridgehead atoms. The predicted octanol–water partition coefficient (Wildman–Crippen LogP) is 5.00. The van der Waals surface area contributed by atoms with Gasteiger partial charge in [-0.15, -0.1) is 0 Å². The van der Waals surface area contributed by atoms with Gasteiger partial charge < -0.3 is 14.8 Å². The second-order valence-electron chi connectivity index (χ2n) is 7.49. The maximum Gasteiger partial charge on any atom is 0.261 e. The molecule has 0 spiro atoms. The Labute approximate surface area is 169 Å². The molecule has 0 aliphatic carbocycles. The molecule has 0 saturated heterocycles. The Hall–Kier alpha value is -2.49. The number of benzene rings is 2. The first-order chi connectivity index (χ1) is 13.4. The standard InChI is InChI=1S/C24H33NO3/c1-6-22(28-23-14-9-18(4)16-19(23)5)24(26)25-15-7-8-20-10-12-21(13-11-20)27-17(2)3/h9-14,16-17,22H,6-8,15H2,1-5H3,(H,25,26)/t22-/m1/s1. The monoisotopic (exact) mass is 383 g/mol. The van der Waals surface area contributed by atoms with Crippen LogP contribution in [0.15, 0.2) is 42.5 Å². The van der Waals surface area contributed by atoms with Crippen LogP contribution >= 0.6 is 0 Å². The third-order valence-corrected chi connectivity index (χ3v) is 4.50. The fourth-order valence-corrected chi connectivity index (χ4v) is 3.03. The van der Waals surface area contributed by atoms with Gasteiger partial charge >= 0.3 is 0 Å². The third-order valence-electron chi connectivity index (χ3n) is 4.50. The zero-order valence-corrected chi connectivity index (χ0v) is 17.7. The van der Waals surface area contributed by atoms with E-state index < -0.39 is 6.10 Å². The van der Waals surface area contributed by atoms with Gasteiger partial charge in [-0.2, -0.15) is 0 Å². The van der Waals surface area contributed by atoms with E-state index in [4.69, 9.17) is 9.47 Å². The summed E-state index contributed by atoms with van der Waals surface area (Å²) in [5, 5.41) is 3.00. The highest BCUT2D eigenvalue weighted by Gasteiger charge is 2.18. The first-order valence-corrected chi connectivity index (χ1v) is 10.2. The number of amides is 1. The second-order valence-corrected chi connectivity index (χ2v) is 7.49. The van der Waals surface area contributed by atoms with Gasteiger partial charge in [0, 0.05) is 6.54 Å². The minimum Gasteiger partial charge on any atom is -0.491 e. The van der Waals surface area contributed by atoms with Crippen molar-refractivity contribution in [2.45, 2.75) is 66.1 Å². The highest BCUT2D eigenvalue weighted by molar-refractivity contribution is 5.81. The number of rotatable bonds is 10. The Morgan fingerprint density at radius 2 is 1.75 bits per heavy atom. The van der Waals surface area contributed by atoms with Crippen LogP contribution in [0, 0.1) is 13.8 Å². The smallest absolute Gasteiger partial charge is 0.261 e. The largest absolute Gasteiger partial charge is 0.491 e. The van der Waals surface area contributed by atoms with Gasteiger partial charge in [0.2, 0.25) is 0 Å². The highest BCUT2D eigenvalue weighted by Crippen LogP contribution is 2.21. The van der Waals surface area contributed by atoms with E-state index in [0.29, 0.717) is 13.0 Å². The van der Waals surface area contributed by atoms with Gasteiger partial charge in [-0.25, -0.2) is 0 Å². The average molecular weight is 384 g/mol. The van der Waals surface area contributed by atoms with Crippen molar-refractivity contribution < 1.29 is 14.3 Å². The number of carbonyl (C=O) groups excluding carboxylic acids is 1. The minimum absolute atomic E-state index is 0.0526. The number of nitrogens with one attached hydrogen (secondary N) is 1. The fourth-order valence-electron chi connectivity index (χ4n) is 3.03. The molecule has 0 aliphatic rings. The molecular weight excluding hydrogens is 350 g/mol. The van der Waals surface area contributed by atoms with Crippen LogP contribution in [0.1, 0.15) is 50.3 Å². The molecule has 1 atom stereocenters. The molecule has 0 aromatic heterocycles. The molecule has 0 aliphatic heterocycles. The molecule has 152 valence electrons. The molecule has 0 radical (unpaired) electrons. The summed E-state index contributed by atoms with van der Waals surface area (Å²) in [7, 11) is 0. The van der Waals surface area contributed by atoms with Crippen LogP contribution in [0.2, 0.25) is 0 Å². The molecular formula is C24H33NO3. The number of carbonyl (C=O) groups is 1. The van der Waals surface area contributed by atoms with Gasteiger partial charge in [0.25, 0.3) is 5.91 Å². The van der Waals surface area contributed by atoms with Crippen LogP contribution in [0.25, 0.3) is 0 Å². The van der Waals surface area contributed by atoms with E-state index in [9.17, 15) is 4.79 Å². The van der Waals surface area contributed by atoms with Crippen molar-refractivity contribution in [2.24, 2.45) is 0 Å². The van der Waals surface area contributed by atoms with E-state index in [1.165, 1.54) is 11.1 Å². The third kappa shape index (κ3) is 6.91. The van der Waals surface area contributed by atoms with Crippen molar-refractivity contribution in [1.29, 1.82) is 0 Å². The summed E-state index contributed by atoms with van der Waals surface area (Å²) in [6.07, 6.45) is 2.15. The Balaban J connectivity index is 1.77.